The molecule has 5 nitrogen and oxygen atoms in total. The average molecular weight is 703 g/mol. The van der Waals surface area contributed by atoms with Gasteiger partial charge in [0.25, 0.3) is 0 Å². The van der Waals surface area contributed by atoms with Crippen LogP contribution in [0.3, 0.4) is 0 Å². The SMILES string of the molecule is Cc1cc(CN2CCC[C@H]2CP(=O)(c2ccccc2)c2ccccc2)c(O)c(CN2CCC[C@H]2CP(=O)(c2ccccc2)c2ccccc2)c1. The van der Waals surface area contributed by atoms with Gasteiger partial charge in [-0.1, -0.05) is 139 Å². The summed E-state index contributed by atoms with van der Waals surface area (Å²) in [5, 5.41) is 15.4. The molecule has 258 valence electrons. The summed E-state index contributed by atoms with van der Waals surface area (Å²) in [6.45, 7) is 5.18. The van der Waals surface area contributed by atoms with Gasteiger partial charge in [-0.25, -0.2) is 0 Å². The summed E-state index contributed by atoms with van der Waals surface area (Å²) in [7, 11) is -5.74. The molecule has 0 saturated carbocycles. The minimum absolute atomic E-state index is 0.151. The Labute approximate surface area is 297 Å². The molecule has 2 heterocycles. The predicted octanol–water partition coefficient (Wildman–Crippen LogP) is 7.66. The molecule has 0 amide bonds. The van der Waals surface area contributed by atoms with Crippen molar-refractivity contribution < 1.29 is 14.2 Å². The van der Waals surface area contributed by atoms with Crippen LogP contribution in [0.15, 0.2) is 133 Å². The molecular formula is C43H48N2O3P2. The summed E-state index contributed by atoms with van der Waals surface area (Å²) in [5.74, 6) is 0.357. The molecule has 2 aliphatic heterocycles. The van der Waals surface area contributed by atoms with Crippen molar-refractivity contribution >= 4 is 35.5 Å². The lowest BCUT2D eigenvalue weighted by Crippen LogP contribution is -2.35. The van der Waals surface area contributed by atoms with E-state index < -0.39 is 14.3 Å². The van der Waals surface area contributed by atoms with Crippen molar-refractivity contribution in [2.45, 2.75) is 57.8 Å². The minimum Gasteiger partial charge on any atom is -0.507 e. The van der Waals surface area contributed by atoms with Crippen molar-refractivity contribution in [3.63, 3.8) is 0 Å². The summed E-state index contributed by atoms with van der Waals surface area (Å²) < 4.78 is 29.9. The highest BCUT2D eigenvalue weighted by molar-refractivity contribution is 7.79. The van der Waals surface area contributed by atoms with Gasteiger partial charge in [0.05, 0.1) is 0 Å². The lowest BCUT2D eigenvalue weighted by Gasteiger charge is -2.31. The number of likely N-dealkylation sites (tertiary alicyclic amines) is 2. The second-order valence-corrected chi connectivity index (χ2v) is 19.9. The lowest BCUT2D eigenvalue weighted by molar-refractivity contribution is 0.250. The van der Waals surface area contributed by atoms with E-state index in [0.717, 1.165) is 76.7 Å². The van der Waals surface area contributed by atoms with E-state index in [0.29, 0.717) is 31.2 Å². The van der Waals surface area contributed by atoms with Gasteiger partial charge in [-0.05, 0) is 45.7 Å². The zero-order valence-electron chi connectivity index (χ0n) is 29.0. The molecule has 0 aliphatic carbocycles. The molecule has 5 aromatic rings. The summed E-state index contributed by atoms with van der Waals surface area (Å²) in [5.41, 5.74) is 2.98. The maximum atomic E-state index is 14.9. The molecule has 0 bridgehead atoms. The summed E-state index contributed by atoms with van der Waals surface area (Å²) in [4.78, 5) is 4.87. The third-order valence-electron chi connectivity index (χ3n) is 10.8. The van der Waals surface area contributed by atoms with E-state index in [-0.39, 0.29) is 12.1 Å². The molecule has 5 aromatic carbocycles. The fraction of sp³-hybridized carbons (Fsp3) is 0.302. The molecule has 2 aliphatic rings. The zero-order chi connectivity index (χ0) is 34.6. The largest absolute Gasteiger partial charge is 0.507 e. The van der Waals surface area contributed by atoms with E-state index in [1.165, 1.54) is 0 Å². The molecular weight excluding hydrogens is 654 g/mol. The second-order valence-electron chi connectivity index (χ2n) is 14.2. The first kappa shape index (κ1) is 34.7. The first-order chi connectivity index (χ1) is 24.3. The fourth-order valence-corrected chi connectivity index (χ4v) is 14.3. The number of nitrogens with zero attached hydrogens (tertiary/aromatic N) is 2. The normalized spacial score (nSPS) is 18.8. The van der Waals surface area contributed by atoms with E-state index in [1.54, 1.807) is 0 Å². The van der Waals surface area contributed by atoms with Crippen molar-refractivity contribution in [2.75, 3.05) is 25.4 Å². The van der Waals surface area contributed by atoms with Gasteiger partial charge in [-0.3, -0.25) is 9.80 Å². The summed E-state index contributed by atoms with van der Waals surface area (Å²) in [6, 6.07) is 44.4. The Morgan fingerprint density at radius 3 is 1.20 bits per heavy atom. The smallest absolute Gasteiger partial charge is 0.144 e. The highest BCUT2D eigenvalue weighted by Crippen LogP contribution is 2.48. The van der Waals surface area contributed by atoms with E-state index in [1.807, 2.05) is 121 Å². The van der Waals surface area contributed by atoms with Crippen LogP contribution in [0.5, 0.6) is 5.75 Å². The maximum Gasteiger partial charge on any atom is 0.144 e. The molecule has 7 heteroatoms. The van der Waals surface area contributed by atoms with Gasteiger partial charge in [-0.2, -0.15) is 0 Å². The Balaban J connectivity index is 1.11. The number of hydrogen-bond donors (Lipinski definition) is 1. The number of benzene rings is 5. The molecule has 0 unspecified atom stereocenters. The Bertz CT molecular complexity index is 1740. The van der Waals surface area contributed by atoms with Crippen molar-refractivity contribution in [3.8, 4) is 5.75 Å². The van der Waals surface area contributed by atoms with Gasteiger partial charge in [-0.15, -0.1) is 0 Å². The molecule has 2 atom stereocenters. The summed E-state index contributed by atoms with van der Waals surface area (Å²) >= 11 is 0. The number of phenolic OH excluding ortho intramolecular Hbond substituents is 1. The van der Waals surface area contributed by atoms with Crippen molar-refractivity contribution in [1.82, 2.24) is 9.80 Å². The summed E-state index contributed by atoms with van der Waals surface area (Å²) in [6.07, 6.45) is 5.23. The van der Waals surface area contributed by atoms with E-state index >= 15 is 0 Å². The van der Waals surface area contributed by atoms with Crippen LogP contribution in [-0.2, 0) is 22.2 Å². The number of hydrogen-bond acceptors (Lipinski definition) is 5. The Morgan fingerprint density at radius 1 is 0.560 bits per heavy atom. The number of phenols is 1. The van der Waals surface area contributed by atoms with Crippen LogP contribution < -0.4 is 21.2 Å². The standard InChI is InChI=1S/C43H48N2O3P2/c1-34-28-35(30-44-26-14-16-37(44)32-49(47,39-18-6-2-7-19-39)40-20-8-3-9-21-40)43(46)36(29-34)31-45-27-15-17-38(45)33-50(48,41-22-10-4-11-23-41)42-24-12-5-13-25-42/h2-13,18-25,28-29,37-38,46H,14-17,26-27,30-33H2,1H3/t37-,38-/m0/s1. The van der Waals surface area contributed by atoms with Gasteiger partial charge in [0.2, 0.25) is 0 Å². The van der Waals surface area contributed by atoms with Crippen molar-refractivity contribution in [1.29, 1.82) is 0 Å². The highest BCUT2D eigenvalue weighted by atomic mass is 31.2. The average Bonchev–Trinajstić information content (AvgIpc) is 3.79. The van der Waals surface area contributed by atoms with Crippen LogP contribution in [-0.4, -0.2) is 52.4 Å². The van der Waals surface area contributed by atoms with Crippen LogP contribution in [0.1, 0.15) is 42.4 Å². The Morgan fingerprint density at radius 2 is 0.880 bits per heavy atom. The molecule has 0 radical (unpaired) electrons. The van der Waals surface area contributed by atoms with Crippen LogP contribution in [0, 0.1) is 6.92 Å². The van der Waals surface area contributed by atoms with Gasteiger partial charge < -0.3 is 14.2 Å². The van der Waals surface area contributed by atoms with Gasteiger partial charge in [0, 0.05) is 69.8 Å². The number of rotatable bonds is 12. The molecule has 50 heavy (non-hydrogen) atoms. The Kier molecular flexibility index (Phi) is 10.6. The molecule has 7 rings (SSSR count). The van der Waals surface area contributed by atoms with Crippen LogP contribution in [0.4, 0.5) is 0 Å². The van der Waals surface area contributed by atoms with E-state index in [9.17, 15) is 14.2 Å². The Hall–Kier alpha value is -3.72. The monoisotopic (exact) mass is 702 g/mol. The topological polar surface area (TPSA) is 60.9 Å². The minimum atomic E-state index is -2.87. The van der Waals surface area contributed by atoms with Gasteiger partial charge in [0.15, 0.2) is 0 Å². The van der Waals surface area contributed by atoms with Crippen molar-refractivity contribution in [2.24, 2.45) is 0 Å². The van der Waals surface area contributed by atoms with Crippen LogP contribution in [0.25, 0.3) is 0 Å². The molecule has 0 aromatic heterocycles. The van der Waals surface area contributed by atoms with Gasteiger partial charge >= 0.3 is 0 Å². The number of aromatic hydroxyl groups is 1. The fourth-order valence-electron chi connectivity index (χ4n) is 8.22. The van der Waals surface area contributed by atoms with Crippen LogP contribution >= 0.6 is 14.3 Å². The molecule has 1 N–H and O–H groups in total. The van der Waals surface area contributed by atoms with E-state index in [4.69, 9.17) is 0 Å². The first-order valence-corrected chi connectivity index (χ1v) is 21.8. The molecule has 0 spiro atoms. The highest BCUT2D eigenvalue weighted by Gasteiger charge is 2.37. The molecule has 2 saturated heterocycles. The van der Waals surface area contributed by atoms with Crippen molar-refractivity contribution in [3.05, 3.63) is 150 Å². The first-order valence-electron chi connectivity index (χ1n) is 18.0. The lowest BCUT2D eigenvalue weighted by atomic mass is 10.0. The molecule has 2 fully saturated rings. The quantitative estimate of drug-likeness (QED) is 0.135. The maximum absolute atomic E-state index is 14.9. The number of aryl methyl sites for hydroxylation is 1. The predicted molar refractivity (Wildman–Crippen MR) is 209 cm³/mol. The van der Waals surface area contributed by atoms with Crippen LogP contribution in [0.2, 0.25) is 0 Å². The second kappa shape index (κ2) is 15.3. The zero-order valence-corrected chi connectivity index (χ0v) is 30.8. The third-order valence-corrected chi connectivity index (χ3v) is 17.2. The van der Waals surface area contributed by atoms with E-state index in [2.05, 4.69) is 28.9 Å². The third kappa shape index (κ3) is 7.34. The van der Waals surface area contributed by atoms with Gasteiger partial charge in [0.1, 0.15) is 20.0 Å².